The first-order valence-electron chi connectivity index (χ1n) is 19.7. The van der Waals surface area contributed by atoms with Gasteiger partial charge in [0, 0.05) is 19.6 Å². The molecule has 0 unspecified atom stereocenters. The second kappa shape index (κ2) is 15.5. The van der Waals surface area contributed by atoms with Crippen molar-refractivity contribution in [1.82, 2.24) is 19.6 Å². The van der Waals surface area contributed by atoms with E-state index < -0.39 is 0 Å². The average Bonchev–Trinajstić information content (AvgIpc) is 4.10. The predicted octanol–water partition coefficient (Wildman–Crippen LogP) is 5.14. The molecule has 0 saturated carbocycles. The Balaban J connectivity index is 0.00000216. The zero-order valence-corrected chi connectivity index (χ0v) is 41.4. The van der Waals surface area contributed by atoms with Gasteiger partial charge in [0.05, 0.1) is 0 Å². The molecule has 0 atom stereocenters. The molecule has 0 aliphatic carbocycles. The zero-order chi connectivity index (χ0) is 40.0. The maximum atomic E-state index is 3.98. The largest absolute Gasteiger partial charge is 4.00 e. The van der Waals surface area contributed by atoms with Gasteiger partial charge in [0.2, 0.25) is 0 Å². The maximum absolute atomic E-state index is 3.98. The van der Waals surface area contributed by atoms with Gasteiger partial charge in [-0.05, 0) is 88.7 Å². The number of rotatable bonds is 4. The molecule has 8 nitrogen and oxygen atoms in total. The molecule has 0 bridgehead atoms. The topological polar surface area (TPSA) is 25.9 Å². The van der Waals surface area contributed by atoms with Crippen LogP contribution in [-0.4, -0.2) is 61.2 Å². The van der Waals surface area contributed by atoms with Crippen LogP contribution >= 0.6 is 47.0 Å². The summed E-state index contributed by atoms with van der Waals surface area (Å²) in [6.07, 6.45) is 16.7. The fraction of sp³-hybridized carbons (Fsp3) is 0.0870. The third-order valence-corrected chi connectivity index (χ3v) is 16.9. The van der Waals surface area contributed by atoms with Crippen molar-refractivity contribution in [3.63, 3.8) is 0 Å². The summed E-state index contributed by atoms with van der Waals surface area (Å²) in [7, 11) is 8.24. The number of hydrogen-bond donors (Lipinski definition) is 0. The Labute approximate surface area is 410 Å². The van der Waals surface area contributed by atoms with Crippen molar-refractivity contribution in [2.75, 3.05) is 47.8 Å². The normalized spacial score (nSPS) is 17.9. The number of benzene rings is 5. The fourth-order valence-electron chi connectivity index (χ4n) is 9.06. The number of nitrogens with zero attached hydrogens (tertiary/aromatic N) is 8. The number of anilines is 4. The van der Waals surface area contributed by atoms with Gasteiger partial charge in [-0.25, -0.2) is 0 Å². The Morgan fingerprint density at radius 1 is 0.371 bits per heavy atom. The van der Waals surface area contributed by atoms with Crippen molar-refractivity contribution in [3.8, 4) is 0 Å². The van der Waals surface area contributed by atoms with Crippen LogP contribution in [-0.2, 0) is 42.1 Å². The molecule has 8 aliphatic rings. The Morgan fingerprint density at radius 2 is 0.613 bits per heavy atom. The van der Waals surface area contributed by atoms with Crippen molar-refractivity contribution >= 4 is 116 Å². The molecule has 0 aromatic heterocycles. The molecule has 62 heavy (non-hydrogen) atoms. The molecule has 0 amide bonds. The summed E-state index contributed by atoms with van der Waals surface area (Å²) in [6.45, 7) is 8.33. The zero-order valence-electron chi connectivity index (χ0n) is 33.5. The summed E-state index contributed by atoms with van der Waals surface area (Å²) in [5, 5.41) is 0. The first-order chi connectivity index (χ1) is 29.3. The first-order valence-corrected chi connectivity index (χ1v) is 22.9. The van der Waals surface area contributed by atoms with Crippen LogP contribution in [0.3, 0.4) is 0 Å². The molecule has 8 aliphatic heterocycles. The molecule has 0 fully saturated rings. The van der Waals surface area contributed by atoms with Gasteiger partial charge in [-0.15, -0.1) is 66.6 Å². The van der Waals surface area contributed by atoms with Crippen molar-refractivity contribution in [1.29, 1.82) is 0 Å². The molecule has 0 radical (unpaired) electrons. The van der Waals surface area contributed by atoms with Crippen molar-refractivity contribution in [2.45, 2.75) is 39.2 Å². The SMILES string of the molecule is CN1C=CN(c2[c-]c3c(cc2)Sc2c4c5c(c6c2B3c2[c-]c(N3C=CN(C)[CH-]3)ccc2S6)Sc2ccc(N3C=CN(C)[CH-]3)[c-]c2B5c2[c-]c(N3C=CN(C)[CH-]3)ccc2S4)[CH-]1.[Pt+4].[Pt+4]. The molecule has 16 heteroatoms. The molecule has 0 N–H and O–H groups in total. The summed E-state index contributed by atoms with van der Waals surface area (Å²) >= 11 is 7.65. The summed E-state index contributed by atoms with van der Waals surface area (Å²) in [5.41, 5.74) is 11.7. The Bertz CT molecular complexity index is 2480. The minimum Gasteiger partial charge on any atom is -0.510 e. The van der Waals surface area contributed by atoms with Crippen molar-refractivity contribution in [3.05, 3.63) is 149 Å². The fourth-order valence-corrected chi connectivity index (χ4v) is 14.4. The van der Waals surface area contributed by atoms with Crippen LogP contribution in [0.15, 0.2) is 137 Å². The van der Waals surface area contributed by atoms with Crippen LogP contribution in [0, 0.1) is 50.9 Å². The minimum absolute atomic E-state index is 0. The van der Waals surface area contributed by atoms with Gasteiger partial charge >= 0.3 is 42.1 Å². The third kappa shape index (κ3) is 6.40. The van der Waals surface area contributed by atoms with Gasteiger partial charge in [-0.2, -0.15) is 144 Å². The molecule has 8 heterocycles. The molecular formula is C46H32B2N8Pt2S4. The van der Waals surface area contributed by atoms with Crippen LogP contribution in [0.25, 0.3) is 0 Å². The minimum atomic E-state index is -0.0492. The number of hydrogen-bond acceptors (Lipinski definition) is 12. The van der Waals surface area contributed by atoms with E-state index in [-0.39, 0.29) is 55.6 Å². The van der Waals surface area contributed by atoms with Gasteiger partial charge in [0.1, 0.15) is 0 Å². The van der Waals surface area contributed by atoms with Gasteiger partial charge in [0.15, 0.2) is 13.4 Å². The Kier molecular flexibility index (Phi) is 10.3. The molecule has 0 spiro atoms. The average molecular weight is 1240 g/mol. The standard InChI is InChI=1S/C46H32B2N8S4.2Pt/c1-49-13-17-53(25-49)29-5-9-37-33(21-29)47-34-22-30(54-18-14-50(2)26-54)6-10-38(34)58-44-41(47)43(57-37)45-42-46(44)60-40-12-8-32(56-20-16-52(4)28-56)24-36(40)48(42)35-23-31(7-11-39(35)59-45)55-19-15-51(3)27-55;;/h5-20,25-28H,1-4H3;;/q-8;2*+4. The molecular weight excluding hydrogens is 1200 g/mol. The van der Waals surface area contributed by atoms with E-state index in [4.69, 9.17) is 0 Å². The van der Waals surface area contributed by atoms with Crippen LogP contribution < -0.4 is 52.4 Å². The van der Waals surface area contributed by atoms with Gasteiger partial charge < -0.3 is 39.2 Å². The van der Waals surface area contributed by atoms with E-state index in [1.54, 1.807) is 0 Å². The molecule has 13 rings (SSSR count). The quantitative estimate of drug-likeness (QED) is 0.173. The molecule has 5 aromatic rings. The van der Waals surface area contributed by atoms with E-state index >= 15 is 0 Å². The van der Waals surface area contributed by atoms with E-state index in [0.717, 1.165) is 22.7 Å². The van der Waals surface area contributed by atoms with Gasteiger partial charge in [-0.3, -0.25) is 0 Å². The van der Waals surface area contributed by atoms with Gasteiger partial charge in [-0.1, -0.05) is 0 Å². The smallest absolute Gasteiger partial charge is 0.510 e. The Hall–Kier alpha value is -3.63. The summed E-state index contributed by atoms with van der Waals surface area (Å²) in [6, 6.07) is 34.0. The molecule has 306 valence electrons. The Morgan fingerprint density at radius 3 is 0.823 bits per heavy atom. The second-order valence-corrected chi connectivity index (χ2v) is 20.1. The van der Waals surface area contributed by atoms with Crippen molar-refractivity contribution in [2.24, 2.45) is 0 Å². The summed E-state index contributed by atoms with van der Waals surface area (Å²) in [4.78, 5) is 27.3. The molecule has 0 saturated heterocycles. The third-order valence-electron chi connectivity index (χ3n) is 11.8. The van der Waals surface area contributed by atoms with E-state index in [1.807, 2.05) is 47.0 Å². The number of fused-ring (bicyclic) bond motifs is 10. The summed E-state index contributed by atoms with van der Waals surface area (Å²) < 4.78 is 0. The predicted molar refractivity (Wildman–Crippen MR) is 248 cm³/mol. The monoisotopic (exact) mass is 1240 g/mol. The van der Waals surface area contributed by atoms with Crippen LogP contribution in [0.1, 0.15) is 0 Å². The van der Waals surface area contributed by atoms with E-state index in [1.165, 1.54) is 71.9 Å². The first kappa shape index (κ1) is 41.1. The van der Waals surface area contributed by atoms with Crippen LogP contribution in [0.5, 0.6) is 0 Å². The summed E-state index contributed by atoms with van der Waals surface area (Å²) in [5.74, 6) is 0. The van der Waals surface area contributed by atoms with Crippen molar-refractivity contribution < 1.29 is 42.1 Å². The maximum Gasteiger partial charge on any atom is 4.00 e. The van der Waals surface area contributed by atoms with E-state index in [9.17, 15) is 0 Å². The van der Waals surface area contributed by atoms with Crippen LogP contribution in [0.2, 0.25) is 0 Å². The van der Waals surface area contributed by atoms with E-state index in [0.29, 0.717) is 0 Å². The van der Waals surface area contributed by atoms with E-state index in [2.05, 4.69) is 216 Å². The molecule has 5 aromatic carbocycles. The van der Waals surface area contributed by atoms with Gasteiger partial charge in [0.25, 0.3) is 0 Å². The second-order valence-electron chi connectivity index (χ2n) is 15.8. The van der Waals surface area contributed by atoms with Crippen LogP contribution in [0.4, 0.5) is 22.7 Å².